The Kier molecular flexibility index (Phi) is 4.34. The van der Waals surface area contributed by atoms with Crippen molar-refractivity contribution in [1.82, 2.24) is 4.90 Å². The van der Waals surface area contributed by atoms with Crippen LogP contribution in [0, 0.1) is 0 Å². The molecule has 1 amide bonds. The minimum atomic E-state index is -0.769. The Morgan fingerprint density at radius 2 is 2.06 bits per heavy atom. The van der Waals surface area contributed by atoms with Crippen molar-refractivity contribution in [2.24, 2.45) is 0 Å². The molecule has 1 aromatic carbocycles. The van der Waals surface area contributed by atoms with Crippen LogP contribution in [-0.4, -0.2) is 42.6 Å². The monoisotopic (exact) mass is 257 g/mol. The summed E-state index contributed by atoms with van der Waals surface area (Å²) in [5, 5.41) is 9.76. The van der Waals surface area contributed by atoms with E-state index < -0.39 is 5.97 Å². The Labute approximate surface area is 104 Å². The average Bonchev–Trinajstić information content (AvgIpc) is 2.25. The number of halogens is 1. The van der Waals surface area contributed by atoms with Crippen molar-refractivity contribution < 1.29 is 19.4 Å². The summed E-state index contributed by atoms with van der Waals surface area (Å²) in [6.07, 6.45) is 0. The van der Waals surface area contributed by atoms with Gasteiger partial charge in [-0.25, -0.2) is 4.79 Å². The first kappa shape index (κ1) is 13.3. The van der Waals surface area contributed by atoms with Gasteiger partial charge in [-0.3, -0.25) is 4.79 Å². The van der Waals surface area contributed by atoms with Crippen molar-refractivity contribution in [3.05, 3.63) is 28.8 Å². The molecule has 0 spiro atoms. The van der Waals surface area contributed by atoms with Gasteiger partial charge in [0.15, 0.2) is 6.61 Å². The zero-order valence-corrected chi connectivity index (χ0v) is 10.2. The van der Waals surface area contributed by atoms with E-state index in [1.807, 2.05) is 0 Å². The molecule has 0 aliphatic heterocycles. The molecule has 1 aromatic rings. The number of nitrogens with zero attached hydrogens (tertiary/aromatic N) is 1. The van der Waals surface area contributed by atoms with Gasteiger partial charge in [0.25, 0.3) is 5.91 Å². The van der Waals surface area contributed by atoms with Crippen molar-refractivity contribution in [1.29, 1.82) is 0 Å². The van der Waals surface area contributed by atoms with E-state index in [1.165, 1.54) is 23.1 Å². The number of carbonyl (C=O) groups excluding carboxylic acids is 2. The predicted octanol–water partition coefficient (Wildman–Crippen LogP) is 1.29. The second kappa shape index (κ2) is 5.54. The van der Waals surface area contributed by atoms with Gasteiger partial charge in [-0.15, -0.1) is 0 Å². The maximum Gasteiger partial charge on any atom is 0.342 e. The number of carbonyl (C=O) groups is 2. The molecular weight excluding hydrogens is 246 g/mol. The molecule has 0 bridgehead atoms. The van der Waals surface area contributed by atoms with Crippen LogP contribution in [0.5, 0.6) is 5.75 Å². The van der Waals surface area contributed by atoms with Crippen LogP contribution in [0.25, 0.3) is 0 Å². The third-order valence-corrected chi connectivity index (χ3v) is 2.24. The van der Waals surface area contributed by atoms with E-state index in [-0.39, 0.29) is 23.8 Å². The Morgan fingerprint density at radius 1 is 1.41 bits per heavy atom. The van der Waals surface area contributed by atoms with E-state index in [0.29, 0.717) is 5.02 Å². The zero-order chi connectivity index (χ0) is 13.0. The molecule has 0 atom stereocenters. The van der Waals surface area contributed by atoms with Crippen molar-refractivity contribution >= 4 is 23.5 Å². The van der Waals surface area contributed by atoms with Crippen molar-refractivity contribution in [3.63, 3.8) is 0 Å². The molecule has 0 saturated carbocycles. The molecule has 0 fully saturated rings. The van der Waals surface area contributed by atoms with E-state index >= 15 is 0 Å². The summed E-state index contributed by atoms with van der Waals surface area (Å²) >= 11 is 5.62. The summed E-state index contributed by atoms with van der Waals surface area (Å²) in [6.45, 7) is -0.367. The first-order chi connectivity index (χ1) is 7.91. The molecule has 0 radical (unpaired) electrons. The molecule has 92 valence electrons. The molecule has 6 heteroatoms. The van der Waals surface area contributed by atoms with E-state index in [1.54, 1.807) is 14.1 Å². The van der Waals surface area contributed by atoms with Gasteiger partial charge < -0.3 is 14.7 Å². The zero-order valence-electron chi connectivity index (χ0n) is 9.44. The third kappa shape index (κ3) is 3.64. The standard InChI is InChI=1S/C11H12ClNO4/c1-13(2)10(15)6-17-11(16)8-4-3-7(12)5-9(8)14/h3-5,14H,6H2,1-2H3. The maximum absolute atomic E-state index is 11.5. The van der Waals surface area contributed by atoms with Gasteiger partial charge in [0.1, 0.15) is 11.3 Å². The molecule has 0 unspecified atom stereocenters. The summed E-state index contributed by atoms with van der Waals surface area (Å²) in [6, 6.07) is 4.01. The van der Waals surface area contributed by atoms with E-state index in [4.69, 9.17) is 16.3 Å². The predicted molar refractivity (Wildman–Crippen MR) is 62.1 cm³/mol. The number of aromatic hydroxyl groups is 1. The molecule has 1 N–H and O–H groups in total. The first-order valence-corrected chi connectivity index (χ1v) is 5.15. The molecular formula is C11H12ClNO4. The molecule has 17 heavy (non-hydrogen) atoms. The second-order valence-electron chi connectivity index (χ2n) is 3.53. The molecule has 0 aliphatic rings. The smallest absolute Gasteiger partial charge is 0.342 e. The highest BCUT2D eigenvalue weighted by atomic mass is 35.5. The van der Waals surface area contributed by atoms with Gasteiger partial charge in [-0.05, 0) is 18.2 Å². The molecule has 0 saturated heterocycles. The van der Waals surface area contributed by atoms with Gasteiger partial charge >= 0.3 is 5.97 Å². The van der Waals surface area contributed by atoms with Crippen LogP contribution in [0.15, 0.2) is 18.2 Å². The molecule has 0 heterocycles. The van der Waals surface area contributed by atoms with Crippen LogP contribution in [0.3, 0.4) is 0 Å². The highest BCUT2D eigenvalue weighted by Gasteiger charge is 2.15. The number of likely N-dealkylation sites (N-methyl/N-ethyl adjacent to an activating group) is 1. The normalized spacial score (nSPS) is 9.82. The first-order valence-electron chi connectivity index (χ1n) is 4.77. The minimum Gasteiger partial charge on any atom is -0.507 e. The molecule has 5 nitrogen and oxygen atoms in total. The van der Waals surface area contributed by atoms with Gasteiger partial charge in [-0.1, -0.05) is 11.6 Å². The lowest BCUT2D eigenvalue weighted by Crippen LogP contribution is -2.27. The highest BCUT2D eigenvalue weighted by Crippen LogP contribution is 2.22. The fourth-order valence-electron chi connectivity index (χ4n) is 1.01. The fourth-order valence-corrected chi connectivity index (χ4v) is 1.18. The van der Waals surface area contributed by atoms with Crippen molar-refractivity contribution in [2.75, 3.05) is 20.7 Å². The van der Waals surface area contributed by atoms with Crippen LogP contribution in [0.2, 0.25) is 5.02 Å². The number of hydrogen-bond acceptors (Lipinski definition) is 4. The Hall–Kier alpha value is -1.75. The SMILES string of the molecule is CN(C)C(=O)COC(=O)c1ccc(Cl)cc1O. The molecule has 1 rings (SSSR count). The van der Waals surface area contributed by atoms with Crippen molar-refractivity contribution in [2.45, 2.75) is 0 Å². The van der Waals surface area contributed by atoms with Crippen LogP contribution in [0.1, 0.15) is 10.4 Å². The van der Waals surface area contributed by atoms with E-state index in [0.717, 1.165) is 0 Å². The lowest BCUT2D eigenvalue weighted by molar-refractivity contribution is -0.131. The van der Waals surface area contributed by atoms with Crippen LogP contribution in [0.4, 0.5) is 0 Å². The van der Waals surface area contributed by atoms with Gasteiger partial charge in [0, 0.05) is 19.1 Å². The minimum absolute atomic E-state index is 0.0269. The number of amides is 1. The largest absolute Gasteiger partial charge is 0.507 e. The summed E-state index contributed by atoms with van der Waals surface area (Å²) in [5.41, 5.74) is -0.0269. The molecule has 0 aliphatic carbocycles. The van der Waals surface area contributed by atoms with Crippen LogP contribution >= 0.6 is 11.6 Å². The number of esters is 1. The topological polar surface area (TPSA) is 66.8 Å². The number of phenols is 1. The quantitative estimate of drug-likeness (QED) is 0.829. The fraction of sp³-hybridized carbons (Fsp3) is 0.273. The summed E-state index contributed by atoms with van der Waals surface area (Å²) in [5.74, 6) is -1.39. The number of hydrogen-bond donors (Lipinski definition) is 1. The number of rotatable bonds is 3. The lowest BCUT2D eigenvalue weighted by atomic mass is 10.2. The maximum atomic E-state index is 11.5. The third-order valence-electron chi connectivity index (χ3n) is 2.01. The van der Waals surface area contributed by atoms with E-state index in [9.17, 15) is 14.7 Å². The van der Waals surface area contributed by atoms with Crippen LogP contribution in [-0.2, 0) is 9.53 Å². The van der Waals surface area contributed by atoms with Gasteiger partial charge in [0.05, 0.1) is 0 Å². The van der Waals surface area contributed by atoms with Crippen LogP contribution < -0.4 is 0 Å². The second-order valence-corrected chi connectivity index (χ2v) is 3.96. The average molecular weight is 258 g/mol. The molecule has 0 aromatic heterocycles. The number of ether oxygens (including phenoxy) is 1. The van der Waals surface area contributed by atoms with E-state index in [2.05, 4.69) is 0 Å². The lowest BCUT2D eigenvalue weighted by Gasteiger charge is -2.10. The highest BCUT2D eigenvalue weighted by molar-refractivity contribution is 6.30. The Morgan fingerprint density at radius 3 is 2.59 bits per heavy atom. The summed E-state index contributed by atoms with van der Waals surface area (Å²) in [4.78, 5) is 24.0. The van der Waals surface area contributed by atoms with Crippen molar-refractivity contribution in [3.8, 4) is 5.75 Å². The Bertz CT molecular complexity index is 445. The Balaban J connectivity index is 2.68. The van der Waals surface area contributed by atoms with Gasteiger partial charge in [-0.2, -0.15) is 0 Å². The number of phenolic OH excluding ortho intramolecular Hbond substituents is 1. The number of benzene rings is 1. The summed E-state index contributed by atoms with van der Waals surface area (Å²) in [7, 11) is 3.10. The summed E-state index contributed by atoms with van der Waals surface area (Å²) < 4.78 is 4.74. The van der Waals surface area contributed by atoms with Gasteiger partial charge in [0.2, 0.25) is 0 Å².